The van der Waals surface area contributed by atoms with E-state index in [9.17, 15) is 17.6 Å². The third-order valence-electron chi connectivity index (χ3n) is 4.42. The molecule has 0 saturated carbocycles. The summed E-state index contributed by atoms with van der Waals surface area (Å²) < 4.78 is 39.9. The van der Waals surface area contributed by atoms with Crippen LogP contribution in [0.3, 0.4) is 0 Å². The summed E-state index contributed by atoms with van der Waals surface area (Å²) in [5, 5.41) is 3.31. The Kier molecular flexibility index (Phi) is 6.05. The van der Waals surface area contributed by atoms with Crippen molar-refractivity contribution in [1.29, 1.82) is 0 Å². The molecule has 2 aromatic rings. The van der Waals surface area contributed by atoms with Gasteiger partial charge in [0.15, 0.2) is 0 Å². The van der Waals surface area contributed by atoms with E-state index in [2.05, 4.69) is 5.32 Å². The number of rotatable bonds is 4. The normalized spacial score (nSPS) is 18.3. The van der Waals surface area contributed by atoms with E-state index in [0.29, 0.717) is 35.1 Å². The molecule has 27 heavy (non-hydrogen) atoms. The minimum Gasteiger partial charge on any atom is -0.323 e. The first-order valence-electron chi connectivity index (χ1n) is 8.29. The topological polar surface area (TPSA) is 66.5 Å². The zero-order valence-corrected chi connectivity index (χ0v) is 16.5. The van der Waals surface area contributed by atoms with Gasteiger partial charge in [0.1, 0.15) is 5.82 Å². The summed E-state index contributed by atoms with van der Waals surface area (Å²) in [6.45, 7) is 0.337. The van der Waals surface area contributed by atoms with Gasteiger partial charge in [-0.15, -0.1) is 0 Å². The standard InChI is InChI=1S/C18H17Cl2FN2O3S/c19-15-4-1-5-16(20)17(15)22-18(24)12-3-2-10-23(11-12)27(25,26)14-8-6-13(21)7-9-14/h1,4-9,12H,2-3,10-11H2,(H,22,24)/t12-/m0/s1. The summed E-state index contributed by atoms with van der Waals surface area (Å²) in [6, 6.07) is 9.51. The number of carbonyl (C=O) groups is 1. The van der Waals surface area contributed by atoms with Crippen molar-refractivity contribution < 1.29 is 17.6 Å². The summed E-state index contributed by atoms with van der Waals surface area (Å²) in [5.74, 6) is -1.40. The number of nitrogens with one attached hydrogen (secondary N) is 1. The van der Waals surface area contributed by atoms with Gasteiger partial charge in [-0.2, -0.15) is 4.31 Å². The van der Waals surface area contributed by atoms with Gasteiger partial charge in [0.2, 0.25) is 15.9 Å². The second kappa shape index (κ2) is 8.14. The molecular formula is C18H17Cl2FN2O3S. The maximum absolute atomic E-state index is 13.1. The first kappa shape index (κ1) is 20.1. The second-order valence-corrected chi connectivity index (χ2v) is 8.99. The Hall–Kier alpha value is -1.67. The zero-order valence-electron chi connectivity index (χ0n) is 14.2. The third kappa shape index (κ3) is 4.43. The van der Waals surface area contributed by atoms with Crippen molar-refractivity contribution in [2.75, 3.05) is 18.4 Å². The van der Waals surface area contributed by atoms with Gasteiger partial charge in [0.05, 0.1) is 26.5 Å². The number of carbonyl (C=O) groups excluding carboxylic acids is 1. The van der Waals surface area contributed by atoms with Crippen molar-refractivity contribution >= 4 is 44.8 Å². The molecule has 1 aliphatic rings. The summed E-state index contributed by atoms with van der Waals surface area (Å²) in [4.78, 5) is 12.6. The molecule has 1 heterocycles. The average Bonchev–Trinajstić information content (AvgIpc) is 2.65. The minimum absolute atomic E-state index is 0.000827. The van der Waals surface area contributed by atoms with Gasteiger partial charge in [-0.1, -0.05) is 29.3 Å². The first-order valence-corrected chi connectivity index (χ1v) is 10.5. The smallest absolute Gasteiger partial charge is 0.243 e. The fourth-order valence-electron chi connectivity index (χ4n) is 2.97. The molecule has 144 valence electrons. The van der Waals surface area contributed by atoms with E-state index < -0.39 is 21.8 Å². The Morgan fingerprint density at radius 1 is 1.11 bits per heavy atom. The summed E-state index contributed by atoms with van der Waals surface area (Å²) in [7, 11) is -3.80. The van der Waals surface area contributed by atoms with Gasteiger partial charge < -0.3 is 5.32 Å². The fraction of sp³-hybridized carbons (Fsp3) is 0.278. The monoisotopic (exact) mass is 430 g/mol. The van der Waals surface area contributed by atoms with Gasteiger partial charge in [-0.25, -0.2) is 12.8 Å². The van der Waals surface area contributed by atoms with Gasteiger partial charge >= 0.3 is 0 Å². The van der Waals surface area contributed by atoms with Crippen LogP contribution in [0.1, 0.15) is 12.8 Å². The number of sulfonamides is 1. The zero-order chi connectivity index (χ0) is 19.6. The van der Waals surface area contributed by atoms with E-state index in [0.717, 1.165) is 12.1 Å². The van der Waals surface area contributed by atoms with Crippen LogP contribution in [0.5, 0.6) is 0 Å². The lowest BCUT2D eigenvalue weighted by Gasteiger charge is -2.31. The van der Waals surface area contributed by atoms with Gasteiger partial charge in [0, 0.05) is 13.1 Å². The highest BCUT2D eigenvalue weighted by Gasteiger charge is 2.33. The quantitative estimate of drug-likeness (QED) is 0.790. The number of para-hydroxylation sites is 1. The van der Waals surface area contributed by atoms with E-state index in [4.69, 9.17) is 23.2 Å². The lowest BCUT2D eigenvalue weighted by atomic mass is 9.98. The predicted molar refractivity (Wildman–Crippen MR) is 103 cm³/mol. The highest BCUT2D eigenvalue weighted by atomic mass is 35.5. The van der Waals surface area contributed by atoms with Crippen LogP contribution in [0.15, 0.2) is 47.4 Å². The van der Waals surface area contributed by atoms with Crippen LogP contribution in [-0.2, 0) is 14.8 Å². The Bertz CT molecular complexity index is 931. The lowest BCUT2D eigenvalue weighted by Crippen LogP contribution is -2.43. The molecule has 0 bridgehead atoms. The van der Waals surface area contributed by atoms with Crippen LogP contribution < -0.4 is 5.32 Å². The summed E-state index contributed by atoms with van der Waals surface area (Å²) in [6.07, 6.45) is 1.08. The van der Waals surface area contributed by atoms with Gasteiger partial charge in [0.25, 0.3) is 0 Å². The molecule has 1 atom stereocenters. The third-order valence-corrected chi connectivity index (χ3v) is 6.93. The Balaban J connectivity index is 1.75. The van der Waals surface area contributed by atoms with Crippen molar-refractivity contribution in [3.63, 3.8) is 0 Å². The van der Waals surface area contributed by atoms with Gasteiger partial charge in [-0.3, -0.25) is 4.79 Å². The van der Waals surface area contributed by atoms with Crippen LogP contribution in [0.25, 0.3) is 0 Å². The maximum atomic E-state index is 13.1. The van der Waals surface area contributed by atoms with Crippen LogP contribution in [-0.4, -0.2) is 31.7 Å². The second-order valence-electron chi connectivity index (χ2n) is 6.24. The van der Waals surface area contributed by atoms with Gasteiger partial charge in [-0.05, 0) is 49.2 Å². The van der Waals surface area contributed by atoms with Crippen LogP contribution in [0, 0.1) is 11.7 Å². The van der Waals surface area contributed by atoms with Crippen molar-refractivity contribution in [2.24, 2.45) is 5.92 Å². The molecule has 3 rings (SSSR count). The molecule has 9 heteroatoms. The minimum atomic E-state index is -3.80. The van der Waals surface area contributed by atoms with Crippen LogP contribution in [0.4, 0.5) is 10.1 Å². The van der Waals surface area contributed by atoms with E-state index >= 15 is 0 Å². The first-order chi connectivity index (χ1) is 12.8. The summed E-state index contributed by atoms with van der Waals surface area (Å²) >= 11 is 12.1. The average molecular weight is 431 g/mol. The molecule has 5 nitrogen and oxygen atoms in total. The SMILES string of the molecule is O=C(Nc1c(Cl)cccc1Cl)[C@H]1CCCN(S(=O)(=O)c2ccc(F)cc2)C1. The molecule has 0 radical (unpaired) electrons. The predicted octanol–water partition coefficient (Wildman–Crippen LogP) is 4.17. The number of benzene rings is 2. The number of hydrogen-bond acceptors (Lipinski definition) is 3. The molecule has 1 amide bonds. The number of halogens is 3. The molecule has 1 N–H and O–H groups in total. The molecule has 0 aromatic heterocycles. The Morgan fingerprint density at radius 2 is 1.74 bits per heavy atom. The van der Waals surface area contributed by atoms with Crippen molar-refractivity contribution in [3.05, 3.63) is 58.3 Å². The molecule has 1 saturated heterocycles. The number of amides is 1. The Labute approximate surface area is 167 Å². The van der Waals surface area contributed by atoms with Crippen LogP contribution in [0.2, 0.25) is 10.0 Å². The highest BCUT2D eigenvalue weighted by Crippen LogP contribution is 2.31. The number of hydrogen-bond donors (Lipinski definition) is 1. The van der Waals surface area contributed by atoms with E-state index in [1.807, 2.05) is 0 Å². The van der Waals surface area contributed by atoms with E-state index in [1.165, 1.54) is 16.4 Å². The van der Waals surface area contributed by atoms with E-state index in [-0.39, 0.29) is 17.3 Å². The maximum Gasteiger partial charge on any atom is 0.243 e. The highest BCUT2D eigenvalue weighted by molar-refractivity contribution is 7.89. The largest absolute Gasteiger partial charge is 0.323 e. The Morgan fingerprint density at radius 3 is 2.37 bits per heavy atom. The van der Waals surface area contributed by atoms with Crippen molar-refractivity contribution in [1.82, 2.24) is 4.31 Å². The molecular weight excluding hydrogens is 414 g/mol. The number of anilines is 1. The summed E-state index contributed by atoms with van der Waals surface area (Å²) in [5.41, 5.74) is 0.310. The number of nitrogens with zero attached hydrogens (tertiary/aromatic N) is 1. The molecule has 1 aliphatic heterocycles. The van der Waals surface area contributed by atoms with Crippen molar-refractivity contribution in [2.45, 2.75) is 17.7 Å². The number of piperidine rings is 1. The molecule has 2 aromatic carbocycles. The molecule has 0 aliphatic carbocycles. The molecule has 0 unspecified atom stereocenters. The van der Waals surface area contributed by atoms with E-state index in [1.54, 1.807) is 18.2 Å². The van der Waals surface area contributed by atoms with Crippen molar-refractivity contribution in [3.8, 4) is 0 Å². The lowest BCUT2D eigenvalue weighted by molar-refractivity contribution is -0.120. The van der Waals surface area contributed by atoms with Crippen LogP contribution >= 0.6 is 23.2 Å². The molecule has 0 spiro atoms. The molecule has 1 fully saturated rings. The fourth-order valence-corrected chi connectivity index (χ4v) is 4.99.